The van der Waals surface area contributed by atoms with Gasteiger partial charge in [0.05, 0.1) is 11.1 Å². The van der Waals surface area contributed by atoms with E-state index in [-0.39, 0.29) is 5.82 Å². The maximum Gasteiger partial charge on any atom is 0.189 e. The molecule has 2 heterocycles. The van der Waals surface area contributed by atoms with Crippen molar-refractivity contribution in [2.45, 2.75) is 31.3 Å². The van der Waals surface area contributed by atoms with E-state index in [0.717, 1.165) is 22.2 Å². The molecule has 8 heteroatoms. The van der Waals surface area contributed by atoms with Crippen molar-refractivity contribution in [3.05, 3.63) is 77.2 Å². The number of fused-ring (bicyclic) bond motifs is 1. The van der Waals surface area contributed by atoms with Gasteiger partial charge >= 0.3 is 0 Å². The summed E-state index contributed by atoms with van der Waals surface area (Å²) in [6, 6.07) is 16.4. The molecule has 2 aromatic carbocycles. The Bertz CT molecular complexity index is 1150. The molecule has 1 unspecified atom stereocenters. The number of nitrogens with zero attached hydrogens (tertiary/aromatic N) is 4. The van der Waals surface area contributed by atoms with Gasteiger partial charge in [0.15, 0.2) is 16.6 Å². The molecule has 0 aliphatic rings. The Morgan fingerprint density at radius 2 is 1.80 bits per heavy atom. The Hall–Kier alpha value is -2.97. The van der Waals surface area contributed by atoms with Crippen molar-refractivity contribution in [3.8, 4) is 0 Å². The Morgan fingerprint density at radius 3 is 2.47 bits per heavy atom. The standard InChI is InChI=1S/C22H22FN5OS/c1-14(29)28-21-19(20(27-28)24-13-16-6-4-3-5-7-16)18(25-22(26-21)30-2)12-15-8-10-17(23)11-9-15/h3-11,14,29H,12-13H2,1-2H3,(H,24,27). The molecule has 2 aromatic heterocycles. The largest absolute Gasteiger partial charge is 0.372 e. The first-order valence-electron chi connectivity index (χ1n) is 9.58. The summed E-state index contributed by atoms with van der Waals surface area (Å²) in [7, 11) is 0. The smallest absolute Gasteiger partial charge is 0.189 e. The van der Waals surface area contributed by atoms with Crippen LogP contribution in [0.4, 0.5) is 10.2 Å². The highest BCUT2D eigenvalue weighted by Crippen LogP contribution is 2.30. The van der Waals surface area contributed by atoms with E-state index >= 15 is 0 Å². The Morgan fingerprint density at radius 1 is 1.07 bits per heavy atom. The number of rotatable bonds is 7. The van der Waals surface area contributed by atoms with Gasteiger partial charge in [-0.05, 0) is 36.4 Å². The van der Waals surface area contributed by atoms with Gasteiger partial charge in [0, 0.05) is 13.0 Å². The van der Waals surface area contributed by atoms with E-state index in [4.69, 9.17) is 4.98 Å². The maximum absolute atomic E-state index is 13.3. The van der Waals surface area contributed by atoms with Crippen LogP contribution >= 0.6 is 11.8 Å². The first kappa shape index (κ1) is 20.3. The third kappa shape index (κ3) is 4.29. The average molecular weight is 424 g/mol. The number of thioether (sulfide) groups is 1. The van der Waals surface area contributed by atoms with Gasteiger partial charge in [-0.25, -0.2) is 19.0 Å². The van der Waals surface area contributed by atoms with Gasteiger partial charge in [-0.2, -0.15) is 5.10 Å². The number of aliphatic hydroxyl groups excluding tert-OH is 1. The average Bonchev–Trinajstić information content (AvgIpc) is 3.13. The van der Waals surface area contributed by atoms with Gasteiger partial charge in [-0.1, -0.05) is 54.2 Å². The first-order valence-corrected chi connectivity index (χ1v) is 10.8. The third-order valence-electron chi connectivity index (χ3n) is 4.73. The summed E-state index contributed by atoms with van der Waals surface area (Å²) in [5, 5.41) is 19.6. The van der Waals surface area contributed by atoms with Gasteiger partial charge in [-0.15, -0.1) is 0 Å². The van der Waals surface area contributed by atoms with Crippen molar-refractivity contribution in [1.82, 2.24) is 19.7 Å². The number of aliphatic hydroxyl groups is 1. The minimum Gasteiger partial charge on any atom is -0.372 e. The lowest BCUT2D eigenvalue weighted by atomic mass is 10.1. The second-order valence-electron chi connectivity index (χ2n) is 6.92. The molecule has 0 saturated heterocycles. The van der Waals surface area contributed by atoms with Crippen LogP contribution in [0.25, 0.3) is 11.0 Å². The summed E-state index contributed by atoms with van der Waals surface area (Å²) >= 11 is 1.43. The number of anilines is 1. The second-order valence-corrected chi connectivity index (χ2v) is 7.70. The van der Waals surface area contributed by atoms with E-state index in [9.17, 15) is 9.50 Å². The Kier molecular flexibility index (Phi) is 5.96. The van der Waals surface area contributed by atoms with Crippen LogP contribution < -0.4 is 5.32 Å². The highest BCUT2D eigenvalue weighted by Gasteiger charge is 2.21. The molecule has 0 saturated carbocycles. The van der Waals surface area contributed by atoms with E-state index in [1.165, 1.54) is 28.6 Å². The minimum absolute atomic E-state index is 0.275. The molecule has 30 heavy (non-hydrogen) atoms. The SMILES string of the molecule is CSc1nc(Cc2ccc(F)cc2)c2c(NCc3ccccc3)nn(C(C)O)c2n1. The molecule has 0 amide bonds. The molecular weight excluding hydrogens is 401 g/mol. The zero-order chi connectivity index (χ0) is 21.1. The molecule has 2 N–H and O–H groups in total. The quantitative estimate of drug-likeness (QED) is 0.339. The molecule has 0 fully saturated rings. The van der Waals surface area contributed by atoms with Crippen LogP contribution in [-0.4, -0.2) is 31.1 Å². The van der Waals surface area contributed by atoms with Crippen LogP contribution in [0.5, 0.6) is 0 Å². The highest BCUT2D eigenvalue weighted by atomic mass is 32.2. The normalized spacial score (nSPS) is 12.3. The highest BCUT2D eigenvalue weighted by molar-refractivity contribution is 7.98. The number of nitrogens with one attached hydrogen (secondary N) is 1. The van der Waals surface area contributed by atoms with Gasteiger partial charge in [0.2, 0.25) is 0 Å². The molecule has 1 atom stereocenters. The summed E-state index contributed by atoms with van der Waals surface area (Å²) in [5.74, 6) is 0.336. The fourth-order valence-corrected chi connectivity index (χ4v) is 3.65. The molecule has 4 rings (SSSR count). The van der Waals surface area contributed by atoms with Crippen LogP contribution in [0, 0.1) is 5.82 Å². The summed E-state index contributed by atoms with van der Waals surface area (Å²) < 4.78 is 14.8. The van der Waals surface area contributed by atoms with Crippen molar-refractivity contribution < 1.29 is 9.50 Å². The summed E-state index contributed by atoms with van der Waals surface area (Å²) in [5.41, 5.74) is 3.39. The van der Waals surface area contributed by atoms with Crippen molar-refractivity contribution in [1.29, 1.82) is 0 Å². The Balaban J connectivity index is 1.80. The monoisotopic (exact) mass is 423 g/mol. The van der Waals surface area contributed by atoms with E-state index in [2.05, 4.69) is 15.4 Å². The zero-order valence-corrected chi connectivity index (χ0v) is 17.5. The number of aromatic nitrogens is 4. The molecule has 0 aliphatic heterocycles. The molecule has 4 aromatic rings. The first-order chi connectivity index (χ1) is 14.5. The lowest BCUT2D eigenvalue weighted by Gasteiger charge is -2.09. The lowest BCUT2D eigenvalue weighted by Crippen LogP contribution is -2.08. The van der Waals surface area contributed by atoms with Crippen LogP contribution in [0.1, 0.15) is 30.0 Å². The second kappa shape index (κ2) is 8.81. The molecule has 0 spiro atoms. The van der Waals surface area contributed by atoms with Crippen molar-refractivity contribution in [2.75, 3.05) is 11.6 Å². The van der Waals surface area contributed by atoms with E-state index in [1.54, 1.807) is 19.1 Å². The Labute approximate surface area is 178 Å². The molecule has 154 valence electrons. The molecular formula is C22H22FN5OS. The molecule has 0 aliphatic carbocycles. The number of halogens is 1. The fraction of sp³-hybridized carbons (Fsp3) is 0.227. The topological polar surface area (TPSA) is 75.9 Å². The summed E-state index contributed by atoms with van der Waals surface area (Å²) in [6.07, 6.45) is 1.56. The number of hydrogen-bond donors (Lipinski definition) is 2. The van der Waals surface area contributed by atoms with E-state index in [0.29, 0.717) is 29.6 Å². The molecule has 0 radical (unpaired) electrons. The van der Waals surface area contributed by atoms with Gasteiger partial charge < -0.3 is 10.4 Å². The van der Waals surface area contributed by atoms with Crippen molar-refractivity contribution in [2.24, 2.45) is 0 Å². The van der Waals surface area contributed by atoms with Crippen LogP contribution in [0.2, 0.25) is 0 Å². The van der Waals surface area contributed by atoms with Crippen LogP contribution in [0.15, 0.2) is 59.8 Å². The fourth-order valence-electron chi connectivity index (χ4n) is 3.27. The van der Waals surface area contributed by atoms with Crippen molar-refractivity contribution in [3.63, 3.8) is 0 Å². The van der Waals surface area contributed by atoms with Crippen LogP contribution in [-0.2, 0) is 13.0 Å². The number of hydrogen-bond acceptors (Lipinski definition) is 6. The predicted molar refractivity (Wildman–Crippen MR) is 117 cm³/mol. The molecule has 6 nitrogen and oxygen atoms in total. The lowest BCUT2D eigenvalue weighted by molar-refractivity contribution is 0.115. The van der Waals surface area contributed by atoms with E-state index in [1.807, 2.05) is 36.6 Å². The van der Waals surface area contributed by atoms with E-state index < -0.39 is 6.23 Å². The van der Waals surface area contributed by atoms with Gasteiger partial charge in [0.1, 0.15) is 12.0 Å². The van der Waals surface area contributed by atoms with Crippen LogP contribution in [0.3, 0.4) is 0 Å². The molecule has 0 bridgehead atoms. The predicted octanol–water partition coefficient (Wildman–Crippen LogP) is 4.40. The summed E-state index contributed by atoms with van der Waals surface area (Å²) in [4.78, 5) is 9.31. The summed E-state index contributed by atoms with van der Waals surface area (Å²) in [6.45, 7) is 2.22. The van der Waals surface area contributed by atoms with Crippen molar-refractivity contribution >= 4 is 28.6 Å². The van der Waals surface area contributed by atoms with Gasteiger partial charge in [0.25, 0.3) is 0 Å². The zero-order valence-electron chi connectivity index (χ0n) is 16.7. The maximum atomic E-state index is 13.3. The third-order valence-corrected chi connectivity index (χ3v) is 5.28. The number of benzene rings is 2. The van der Waals surface area contributed by atoms with Gasteiger partial charge in [-0.3, -0.25) is 0 Å². The minimum atomic E-state index is -0.844.